The Labute approximate surface area is 139 Å². The molecule has 0 radical (unpaired) electrons. The average Bonchev–Trinajstić information content (AvgIpc) is 2.29. The molecule has 0 bridgehead atoms. The zero-order valence-corrected chi connectivity index (χ0v) is 14.8. The van der Waals surface area contributed by atoms with Crippen LogP contribution in [0.15, 0.2) is 22.7 Å². The molecule has 0 spiro atoms. The number of hydrogen-bond donors (Lipinski definition) is 0. The number of hydrogen-bond acceptors (Lipinski definition) is 1. The van der Waals surface area contributed by atoms with Gasteiger partial charge in [-0.3, -0.25) is 4.79 Å². The van der Waals surface area contributed by atoms with E-state index < -0.39 is 18.6 Å². The van der Waals surface area contributed by atoms with Crippen LogP contribution in [0, 0.1) is 3.57 Å². The maximum absolute atomic E-state index is 12.5. The van der Waals surface area contributed by atoms with Crippen LogP contribution in [0.4, 0.5) is 13.2 Å². The van der Waals surface area contributed by atoms with E-state index in [2.05, 4.69) is 31.9 Å². The molecule has 1 aromatic rings. The predicted molar refractivity (Wildman–Crippen MR) is 82.6 cm³/mol. The summed E-state index contributed by atoms with van der Waals surface area (Å²) in [4.78, 5) is 12.9. The van der Waals surface area contributed by atoms with Gasteiger partial charge in [0.05, 0.1) is 5.56 Å². The molecular weight excluding hydrogens is 506 g/mol. The molecule has 0 atom stereocenters. The minimum Gasteiger partial charge on any atom is -0.329 e. The number of nitrogens with zero attached hydrogens (tertiary/aromatic N) is 1. The summed E-state index contributed by atoms with van der Waals surface area (Å²) in [5.41, 5.74) is 0.233. The van der Waals surface area contributed by atoms with Crippen molar-refractivity contribution in [1.29, 1.82) is 0 Å². The van der Waals surface area contributed by atoms with Crippen LogP contribution >= 0.6 is 54.5 Å². The van der Waals surface area contributed by atoms with Crippen LogP contribution in [-0.2, 0) is 0 Å². The number of halogens is 6. The molecule has 0 aliphatic carbocycles. The first-order valence-corrected chi connectivity index (χ1v) is 8.11. The molecule has 0 unspecified atom stereocenters. The quantitative estimate of drug-likeness (QED) is 0.429. The maximum atomic E-state index is 12.5. The summed E-state index contributed by atoms with van der Waals surface area (Å²) in [5, 5.41) is 0.288. The molecule has 106 valence electrons. The zero-order valence-electron chi connectivity index (χ0n) is 9.48. The van der Waals surface area contributed by atoms with Gasteiger partial charge in [0.15, 0.2) is 0 Å². The third kappa shape index (κ3) is 5.58. The lowest BCUT2D eigenvalue weighted by molar-refractivity contribution is -0.140. The molecule has 2 nitrogen and oxygen atoms in total. The molecule has 19 heavy (non-hydrogen) atoms. The van der Waals surface area contributed by atoms with Gasteiger partial charge in [0.2, 0.25) is 0 Å². The van der Waals surface area contributed by atoms with Gasteiger partial charge in [0.1, 0.15) is 6.54 Å². The number of amides is 1. The van der Waals surface area contributed by atoms with Crippen molar-refractivity contribution in [1.82, 2.24) is 4.90 Å². The Morgan fingerprint density at radius 1 is 1.37 bits per heavy atom. The summed E-state index contributed by atoms with van der Waals surface area (Å²) in [6.07, 6.45) is -4.41. The van der Waals surface area contributed by atoms with Crippen LogP contribution in [0.5, 0.6) is 0 Å². The van der Waals surface area contributed by atoms with Gasteiger partial charge in [0.25, 0.3) is 5.91 Å². The average molecular weight is 515 g/mol. The van der Waals surface area contributed by atoms with Gasteiger partial charge in [-0.25, -0.2) is 0 Å². The van der Waals surface area contributed by atoms with Crippen molar-refractivity contribution in [3.63, 3.8) is 0 Å². The first-order valence-electron chi connectivity index (χ1n) is 5.11. The van der Waals surface area contributed by atoms with Crippen LogP contribution in [0.2, 0.25) is 0 Å². The van der Waals surface area contributed by atoms with Crippen molar-refractivity contribution >= 4 is 60.4 Å². The molecule has 0 heterocycles. The number of benzene rings is 1. The van der Waals surface area contributed by atoms with E-state index in [1.54, 1.807) is 18.2 Å². The Morgan fingerprint density at radius 2 is 2.00 bits per heavy atom. The van der Waals surface area contributed by atoms with Crippen molar-refractivity contribution in [2.45, 2.75) is 6.18 Å². The minimum atomic E-state index is -4.41. The van der Waals surface area contributed by atoms with E-state index in [-0.39, 0.29) is 17.4 Å². The lowest BCUT2D eigenvalue weighted by Gasteiger charge is -2.23. The summed E-state index contributed by atoms with van der Waals surface area (Å²) in [6.45, 7) is -1.26. The first-order chi connectivity index (χ1) is 8.74. The van der Waals surface area contributed by atoms with E-state index in [9.17, 15) is 18.0 Å². The van der Waals surface area contributed by atoms with Gasteiger partial charge in [0, 0.05) is 19.9 Å². The highest BCUT2D eigenvalue weighted by Crippen LogP contribution is 2.23. The normalized spacial score (nSPS) is 11.5. The highest BCUT2D eigenvalue weighted by atomic mass is 127. The molecule has 1 aromatic carbocycles. The number of alkyl halides is 4. The number of rotatable bonds is 4. The molecule has 0 aliphatic heterocycles. The van der Waals surface area contributed by atoms with Crippen molar-refractivity contribution in [2.24, 2.45) is 0 Å². The summed E-state index contributed by atoms with van der Waals surface area (Å²) in [5.74, 6) is -0.637. The second kappa shape index (κ2) is 7.26. The topological polar surface area (TPSA) is 20.3 Å². The summed E-state index contributed by atoms with van der Waals surface area (Å²) < 4.78 is 38.7. The van der Waals surface area contributed by atoms with E-state index in [4.69, 9.17) is 0 Å². The maximum Gasteiger partial charge on any atom is 0.406 e. The monoisotopic (exact) mass is 513 g/mol. The first kappa shape index (κ1) is 17.2. The number of carbonyl (C=O) groups is 1. The molecule has 0 fully saturated rings. The molecule has 0 aliphatic rings. The van der Waals surface area contributed by atoms with E-state index in [0.29, 0.717) is 4.47 Å². The fourth-order valence-corrected chi connectivity index (χ4v) is 2.74. The second-order valence-corrected chi connectivity index (χ2v) is 6.55. The zero-order chi connectivity index (χ0) is 14.6. The summed E-state index contributed by atoms with van der Waals surface area (Å²) in [7, 11) is 0. The lowest BCUT2D eigenvalue weighted by atomic mass is 10.2. The molecular formula is C11H9Br2F3INO. The molecule has 0 saturated heterocycles. The molecule has 0 saturated carbocycles. The number of carbonyl (C=O) groups excluding carboxylic acids is 1. The highest BCUT2D eigenvalue weighted by molar-refractivity contribution is 14.1. The lowest BCUT2D eigenvalue weighted by Crippen LogP contribution is -2.40. The molecule has 1 rings (SSSR count). The van der Waals surface area contributed by atoms with Gasteiger partial charge in [-0.15, -0.1) is 0 Å². The van der Waals surface area contributed by atoms with Crippen molar-refractivity contribution in [2.75, 3.05) is 18.4 Å². The smallest absolute Gasteiger partial charge is 0.329 e. The van der Waals surface area contributed by atoms with Gasteiger partial charge in [-0.05, 0) is 56.7 Å². The van der Waals surface area contributed by atoms with E-state index in [0.717, 1.165) is 8.47 Å². The van der Waals surface area contributed by atoms with Gasteiger partial charge >= 0.3 is 6.18 Å². The Kier molecular flexibility index (Phi) is 6.58. The van der Waals surface area contributed by atoms with Crippen LogP contribution < -0.4 is 0 Å². The van der Waals surface area contributed by atoms with Gasteiger partial charge < -0.3 is 4.90 Å². The summed E-state index contributed by atoms with van der Waals surface area (Å²) >= 11 is 8.25. The molecule has 0 aromatic heterocycles. The van der Waals surface area contributed by atoms with Gasteiger partial charge in [-0.1, -0.05) is 15.9 Å². The fraction of sp³-hybridized carbons (Fsp3) is 0.364. The Bertz CT molecular complexity index is 468. The third-order valence-corrected chi connectivity index (χ3v) is 3.89. The largest absolute Gasteiger partial charge is 0.406 e. The molecule has 1 amide bonds. The van der Waals surface area contributed by atoms with Crippen LogP contribution in [-0.4, -0.2) is 35.4 Å². The fourth-order valence-electron chi connectivity index (χ4n) is 1.40. The summed E-state index contributed by atoms with van der Waals surface area (Å²) in [6, 6.07) is 4.97. The van der Waals surface area contributed by atoms with Crippen LogP contribution in [0.1, 0.15) is 10.4 Å². The third-order valence-electron chi connectivity index (χ3n) is 2.17. The second-order valence-electron chi connectivity index (χ2n) is 3.66. The van der Waals surface area contributed by atoms with Crippen molar-refractivity contribution < 1.29 is 18.0 Å². The molecule has 8 heteroatoms. The van der Waals surface area contributed by atoms with Crippen molar-refractivity contribution in [3.8, 4) is 0 Å². The predicted octanol–water partition coefficient (Wildman–Crippen LogP) is 4.45. The van der Waals surface area contributed by atoms with Gasteiger partial charge in [-0.2, -0.15) is 13.2 Å². The van der Waals surface area contributed by atoms with Crippen molar-refractivity contribution in [3.05, 3.63) is 31.8 Å². The standard InChI is InChI=1S/C11H9Br2F3INO/c12-3-4-18(6-11(14,15)16)10(19)8-5-7(17)1-2-9(8)13/h1-2,5H,3-4,6H2. The molecule has 0 N–H and O–H groups in total. The van der Waals surface area contributed by atoms with Crippen LogP contribution in [0.3, 0.4) is 0 Å². The van der Waals surface area contributed by atoms with E-state index in [1.807, 2.05) is 22.6 Å². The Balaban J connectivity index is 3.02. The SMILES string of the molecule is O=C(c1cc(I)ccc1Br)N(CCBr)CC(F)(F)F. The Hall–Kier alpha value is 0.170. The Morgan fingerprint density at radius 3 is 2.53 bits per heavy atom. The van der Waals surface area contributed by atoms with E-state index >= 15 is 0 Å². The minimum absolute atomic E-state index is 0.00371. The highest BCUT2D eigenvalue weighted by Gasteiger charge is 2.33. The van der Waals surface area contributed by atoms with E-state index in [1.165, 1.54) is 0 Å². The van der Waals surface area contributed by atoms with Crippen LogP contribution in [0.25, 0.3) is 0 Å².